The smallest absolute Gasteiger partial charge is 0.192 e. The van der Waals surface area contributed by atoms with E-state index in [9.17, 15) is 4.79 Å². The summed E-state index contributed by atoms with van der Waals surface area (Å²) in [6, 6.07) is 19.8. The van der Waals surface area contributed by atoms with Gasteiger partial charge in [0.05, 0.1) is 18.3 Å². The van der Waals surface area contributed by atoms with E-state index in [1.807, 2.05) is 48.5 Å². The summed E-state index contributed by atoms with van der Waals surface area (Å²) in [5, 5.41) is 9.70. The van der Waals surface area contributed by atoms with Gasteiger partial charge in [0, 0.05) is 5.56 Å². The number of benzene rings is 2. The largest absolute Gasteiger partial charge is 0.300 e. The van der Waals surface area contributed by atoms with Crippen LogP contribution in [-0.2, 0) is 6.54 Å². The van der Waals surface area contributed by atoms with Crippen molar-refractivity contribution in [1.82, 2.24) is 19.7 Å². The van der Waals surface area contributed by atoms with Gasteiger partial charge in [0.1, 0.15) is 0 Å². The number of rotatable bonds is 9. The lowest BCUT2D eigenvalue weighted by Crippen LogP contribution is -2.23. The second-order valence-corrected chi connectivity index (χ2v) is 7.82. The fourth-order valence-corrected chi connectivity index (χ4v) is 4.02. The molecule has 5 nitrogen and oxygen atoms in total. The number of ketones is 1. The first-order valence-electron chi connectivity index (χ1n) is 9.44. The molecule has 0 amide bonds. The van der Waals surface area contributed by atoms with Crippen LogP contribution in [-0.4, -0.2) is 45.3 Å². The van der Waals surface area contributed by atoms with Crippen LogP contribution in [0.15, 0.2) is 65.8 Å². The zero-order chi connectivity index (χ0) is 19.9. The van der Waals surface area contributed by atoms with Crippen molar-refractivity contribution >= 4 is 17.5 Å². The molecular weight excluding hydrogens is 368 g/mol. The van der Waals surface area contributed by atoms with E-state index in [0.717, 1.165) is 23.0 Å². The molecule has 2 aromatic carbocycles. The van der Waals surface area contributed by atoms with Crippen LogP contribution in [0, 0.1) is 0 Å². The normalized spacial score (nSPS) is 12.3. The van der Waals surface area contributed by atoms with E-state index in [0.29, 0.717) is 12.3 Å². The van der Waals surface area contributed by atoms with Gasteiger partial charge in [0.25, 0.3) is 0 Å². The summed E-state index contributed by atoms with van der Waals surface area (Å²) in [7, 11) is 4.11. The second kappa shape index (κ2) is 9.66. The molecule has 1 heterocycles. The van der Waals surface area contributed by atoms with Gasteiger partial charge in [-0.15, -0.1) is 10.2 Å². The molecule has 28 heavy (non-hydrogen) atoms. The monoisotopic (exact) mass is 394 g/mol. The molecule has 0 bridgehead atoms. The van der Waals surface area contributed by atoms with E-state index in [2.05, 4.69) is 52.8 Å². The lowest BCUT2D eigenvalue weighted by molar-refractivity contribution is 0.102. The number of carbonyl (C=O) groups excluding carboxylic acids is 1. The molecule has 0 spiro atoms. The molecule has 146 valence electrons. The highest BCUT2D eigenvalue weighted by Gasteiger charge is 2.22. The van der Waals surface area contributed by atoms with Gasteiger partial charge < -0.3 is 4.57 Å². The Morgan fingerprint density at radius 3 is 2.29 bits per heavy atom. The topological polar surface area (TPSA) is 51.0 Å². The third kappa shape index (κ3) is 4.88. The minimum absolute atomic E-state index is 0.0982. The molecule has 1 atom stereocenters. The first kappa shape index (κ1) is 20.3. The molecule has 0 N–H and O–H groups in total. The molecule has 0 unspecified atom stereocenters. The lowest BCUT2D eigenvalue weighted by atomic mass is 10.2. The fraction of sp³-hybridized carbons (Fsp3) is 0.318. The van der Waals surface area contributed by atoms with Gasteiger partial charge in [0.2, 0.25) is 0 Å². The number of Topliss-reactive ketones (excluding diaryl/α,β-unsaturated/α-hetero) is 1. The van der Waals surface area contributed by atoms with Gasteiger partial charge in [-0.05, 0) is 26.1 Å². The summed E-state index contributed by atoms with van der Waals surface area (Å²) in [5.41, 5.74) is 1.91. The van der Waals surface area contributed by atoms with Gasteiger partial charge in [-0.3, -0.25) is 9.69 Å². The maximum absolute atomic E-state index is 12.5. The number of thioether (sulfide) groups is 1. The van der Waals surface area contributed by atoms with Crippen molar-refractivity contribution in [2.75, 3.05) is 19.8 Å². The lowest BCUT2D eigenvalue weighted by Gasteiger charge is -2.23. The third-order valence-corrected chi connectivity index (χ3v) is 5.63. The number of carbonyl (C=O) groups is 1. The van der Waals surface area contributed by atoms with Gasteiger partial charge in [-0.1, -0.05) is 79.3 Å². The van der Waals surface area contributed by atoms with Crippen LogP contribution >= 0.6 is 11.8 Å². The molecule has 0 aliphatic carbocycles. The molecule has 0 radical (unpaired) electrons. The van der Waals surface area contributed by atoms with Crippen LogP contribution in [0.4, 0.5) is 0 Å². The highest BCUT2D eigenvalue weighted by atomic mass is 32.2. The summed E-state index contributed by atoms with van der Waals surface area (Å²) in [4.78, 5) is 14.7. The van der Waals surface area contributed by atoms with Crippen molar-refractivity contribution in [2.45, 2.75) is 31.1 Å². The van der Waals surface area contributed by atoms with E-state index >= 15 is 0 Å². The van der Waals surface area contributed by atoms with Crippen LogP contribution in [0.3, 0.4) is 0 Å². The molecule has 1 aromatic heterocycles. The highest BCUT2D eigenvalue weighted by Crippen LogP contribution is 2.26. The number of aromatic nitrogens is 3. The Morgan fingerprint density at radius 2 is 1.68 bits per heavy atom. The summed E-state index contributed by atoms with van der Waals surface area (Å²) in [6.45, 7) is 2.84. The van der Waals surface area contributed by atoms with E-state index in [-0.39, 0.29) is 11.8 Å². The zero-order valence-corrected chi connectivity index (χ0v) is 17.4. The Balaban J connectivity index is 1.85. The Morgan fingerprint density at radius 1 is 1.04 bits per heavy atom. The molecule has 3 aromatic rings. The Labute approximate surface area is 170 Å². The zero-order valence-electron chi connectivity index (χ0n) is 16.6. The Bertz CT molecular complexity index is 893. The fourth-order valence-electron chi connectivity index (χ4n) is 3.18. The van der Waals surface area contributed by atoms with Crippen LogP contribution in [0.2, 0.25) is 0 Å². The summed E-state index contributed by atoms with van der Waals surface area (Å²) >= 11 is 1.45. The number of hydrogen-bond donors (Lipinski definition) is 0. The van der Waals surface area contributed by atoms with Gasteiger partial charge in [0.15, 0.2) is 16.8 Å². The van der Waals surface area contributed by atoms with E-state index in [1.165, 1.54) is 17.3 Å². The summed E-state index contributed by atoms with van der Waals surface area (Å²) < 4.78 is 2.15. The molecule has 0 saturated heterocycles. The van der Waals surface area contributed by atoms with Gasteiger partial charge >= 0.3 is 0 Å². The van der Waals surface area contributed by atoms with Crippen molar-refractivity contribution in [1.29, 1.82) is 0 Å². The average molecular weight is 395 g/mol. The van der Waals surface area contributed by atoms with Crippen molar-refractivity contribution in [3.63, 3.8) is 0 Å². The minimum Gasteiger partial charge on any atom is -0.300 e. The second-order valence-electron chi connectivity index (χ2n) is 6.88. The van der Waals surface area contributed by atoms with Crippen LogP contribution in [0.1, 0.15) is 41.1 Å². The van der Waals surface area contributed by atoms with Crippen LogP contribution in [0.5, 0.6) is 0 Å². The van der Waals surface area contributed by atoms with Gasteiger partial charge in [-0.25, -0.2) is 0 Å². The molecule has 0 aliphatic heterocycles. The number of nitrogens with zero attached hydrogens (tertiary/aromatic N) is 4. The molecule has 0 aliphatic rings. The molecule has 3 rings (SSSR count). The van der Waals surface area contributed by atoms with Crippen molar-refractivity contribution < 1.29 is 4.79 Å². The summed E-state index contributed by atoms with van der Waals surface area (Å²) in [5.74, 6) is 1.38. The predicted molar refractivity (Wildman–Crippen MR) is 114 cm³/mol. The minimum atomic E-state index is 0.0982. The van der Waals surface area contributed by atoms with Gasteiger partial charge in [-0.2, -0.15) is 0 Å². The quantitative estimate of drug-likeness (QED) is 0.400. The first-order chi connectivity index (χ1) is 13.6. The van der Waals surface area contributed by atoms with Crippen molar-refractivity contribution in [2.24, 2.45) is 0 Å². The predicted octanol–water partition coefficient (Wildman–Crippen LogP) is 4.31. The third-order valence-electron chi connectivity index (χ3n) is 4.67. The maximum atomic E-state index is 12.5. The van der Waals surface area contributed by atoms with Crippen LogP contribution in [0.25, 0.3) is 0 Å². The number of hydrogen-bond acceptors (Lipinski definition) is 5. The molecule has 0 saturated carbocycles. The highest BCUT2D eigenvalue weighted by molar-refractivity contribution is 7.99. The standard InChI is InChI=1S/C22H26N4OS/c1-4-19(25(2)3)21-23-24-22(26(21)15-17-11-7-5-8-12-17)28-16-20(27)18-13-9-6-10-14-18/h5-14,19H,4,15-16H2,1-3H3/t19-/m0/s1. The first-order valence-corrected chi connectivity index (χ1v) is 10.4. The Hall–Kier alpha value is -2.44. The van der Waals surface area contributed by atoms with Crippen molar-refractivity contribution in [3.8, 4) is 0 Å². The average Bonchev–Trinajstić information content (AvgIpc) is 3.10. The van der Waals surface area contributed by atoms with Crippen molar-refractivity contribution in [3.05, 3.63) is 77.6 Å². The van der Waals surface area contributed by atoms with E-state index in [4.69, 9.17) is 0 Å². The van der Waals surface area contributed by atoms with E-state index < -0.39 is 0 Å². The molecular formula is C22H26N4OS. The van der Waals surface area contributed by atoms with Crippen LogP contribution < -0.4 is 0 Å². The molecule has 0 fully saturated rings. The van der Waals surface area contributed by atoms with E-state index in [1.54, 1.807) is 0 Å². The maximum Gasteiger partial charge on any atom is 0.192 e. The molecule has 6 heteroatoms. The Kier molecular flexibility index (Phi) is 7.01. The SMILES string of the molecule is CC[C@@H](c1nnc(SCC(=O)c2ccccc2)n1Cc1ccccc1)N(C)C. The summed E-state index contributed by atoms with van der Waals surface area (Å²) in [6.07, 6.45) is 0.938.